The van der Waals surface area contributed by atoms with Gasteiger partial charge >= 0.3 is 0 Å². The van der Waals surface area contributed by atoms with Crippen LogP contribution in [0.2, 0.25) is 0 Å². The van der Waals surface area contributed by atoms with Gasteiger partial charge in [0.05, 0.1) is 0 Å². The molecule has 0 spiro atoms. The van der Waals surface area contributed by atoms with E-state index in [9.17, 15) is 4.79 Å². The van der Waals surface area contributed by atoms with E-state index in [0.717, 1.165) is 25.1 Å². The molecule has 4 nitrogen and oxygen atoms in total. The predicted molar refractivity (Wildman–Crippen MR) is 79.4 cm³/mol. The number of para-hydroxylation sites is 1. The first kappa shape index (κ1) is 14.9. The summed E-state index contributed by atoms with van der Waals surface area (Å²) in [7, 11) is 0. The van der Waals surface area contributed by atoms with Crippen LogP contribution in [0.3, 0.4) is 0 Å². The lowest BCUT2D eigenvalue weighted by atomic mass is 10.0. The van der Waals surface area contributed by atoms with E-state index in [0.29, 0.717) is 18.2 Å². The first-order valence-electron chi connectivity index (χ1n) is 7.43. The van der Waals surface area contributed by atoms with Crippen molar-refractivity contribution in [3.8, 4) is 5.75 Å². The Kier molecular flexibility index (Phi) is 5.41. The molecule has 1 aliphatic rings. The molecular formula is C16H24N2O2. The van der Waals surface area contributed by atoms with Gasteiger partial charge in [-0.1, -0.05) is 31.5 Å². The summed E-state index contributed by atoms with van der Waals surface area (Å²) < 4.78 is 5.63. The van der Waals surface area contributed by atoms with Crippen molar-refractivity contribution in [2.45, 2.75) is 32.7 Å². The highest BCUT2D eigenvalue weighted by molar-refractivity contribution is 5.78. The maximum atomic E-state index is 12.1. The molecule has 1 atom stereocenters. The molecule has 2 rings (SSSR count). The molecule has 0 saturated carbocycles. The molecule has 4 heteroatoms. The Hall–Kier alpha value is -1.55. The van der Waals surface area contributed by atoms with Gasteiger partial charge in [-0.2, -0.15) is 0 Å². The van der Waals surface area contributed by atoms with Gasteiger partial charge in [-0.15, -0.1) is 0 Å². The van der Waals surface area contributed by atoms with Crippen LogP contribution in [0.5, 0.6) is 5.75 Å². The third-order valence-corrected chi connectivity index (χ3v) is 3.88. The highest BCUT2D eigenvalue weighted by atomic mass is 16.5. The minimum absolute atomic E-state index is 0.0791. The molecule has 0 bridgehead atoms. The Morgan fingerprint density at radius 2 is 2.25 bits per heavy atom. The van der Waals surface area contributed by atoms with Gasteiger partial charge in [-0.3, -0.25) is 4.79 Å². The lowest BCUT2D eigenvalue weighted by Gasteiger charge is -2.17. The van der Waals surface area contributed by atoms with Crippen molar-refractivity contribution < 1.29 is 9.53 Å². The molecule has 2 N–H and O–H groups in total. The number of hydrogen-bond acceptors (Lipinski definition) is 3. The van der Waals surface area contributed by atoms with E-state index < -0.39 is 0 Å². The second kappa shape index (κ2) is 7.29. The third kappa shape index (κ3) is 3.73. The Labute approximate surface area is 120 Å². The van der Waals surface area contributed by atoms with Crippen LogP contribution in [0.1, 0.15) is 31.7 Å². The van der Waals surface area contributed by atoms with Crippen LogP contribution in [0.4, 0.5) is 0 Å². The summed E-state index contributed by atoms with van der Waals surface area (Å²) in [4.78, 5) is 14.1. The van der Waals surface area contributed by atoms with Crippen molar-refractivity contribution in [1.82, 2.24) is 4.90 Å². The monoisotopic (exact) mass is 276 g/mol. The summed E-state index contributed by atoms with van der Waals surface area (Å²) in [6, 6.07) is 7.60. The molecule has 0 aromatic heterocycles. The van der Waals surface area contributed by atoms with Crippen LogP contribution < -0.4 is 10.5 Å². The van der Waals surface area contributed by atoms with Crippen LogP contribution in [-0.4, -0.2) is 30.5 Å². The van der Waals surface area contributed by atoms with Gasteiger partial charge in [0.25, 0.3) is 5.91 Å². The minimum atomic E-state index is 0.0791. The van der Waals surface area contributed by atoms with Crippen LogP contribution >= 0.6 is 0 Å². The summed E-state index contributed by atoms with van der Waals surface area (Å²) in [6.45, 7) is 4.47. The van der Waals surface area contributed by atoms with Crippen LogP contribution in [0.25, 0.3) is 0 Å². The molecule has 1 aromatic carbocycles. The summed E-state index contributed by atoms with van der Waals surface area (Å²) in [5, 5.41) is 0. The third-order valence-electron chi connectivity index (χ3n) is 3.88. The Morgan fingerprint density at radius 1 is 1.45 bits per heavy atom. The number of benzene rings is 1. The molecule has 1 amide bonds. The van der Waals surface area contributed by atoms with E-state index in [1.165, 1.54) is 12.8 Å². The maximum Gasteiger partial charge on any atom is 0.260 e. The number of nitrogens with two attached hydrogens (primary N) is 1. The Balaban J connectivity index is 1.83. The van der Waals surface area contributed by atoms with Gasteiger partial charge in [0, 0.05) is 25.2 Å². The van der Waals surface area contributed by atoms with Crippen LogP contribution in [-0.2, 0) is 11.3 Å². The van der Waals surface area contributed by atoms with E-state index in [4.69, 9.17) is 10.5 Å². The summed E-state index contributed by atoms with van der Waals surface area (Å²) in [5.41, 5.74) is 6.59. The number of likely N-dealkylation sites (tertiary alicyclic amines) is 1. The molecule has 1 unspecified atom stereocenters. The molecule has 20 heavy (non-hydrogen) atoms. The molecule has 1 heterocycles. The average Bonchev–Trinajstić information content (AvgIpc) is 2.94. The zero-order valence-corrected chi connectivity index (χ0v) is 12.2. The van der Waals surface area contributed by atoms with Gasteiger partial charge in [0.1, 0.15) is 5.75 Å². The van der Waals surface area contributed by atoms with E-state index >= 15 is 0 Å². The van der Waals surface area contributed by atoms with E-state index in [1.54, 1.807) is 0 Å². The lowest BCUT2D eigenvalue weighted by molar-refractivity contribution is -0.132. The Morgan fingerprint density at radius 3 is 3.00 bits per heavy atom. The Bertz CT molecular complexity index is 448. The largest absolute Gasteiger partial charge is 0.483 e. The fraction of sp³-hybridized carbons (Fsp3) is 0.562. The molecule has 1 aromatic rings. The molecule has 1 saturated heterocycles. The van der Waals surface area contributed by atoms with Gasteiger partial charge < -0.3 is 15.4 Å². The zero-order chi connectivity index (χ0) is 14.4. The standard InChI is InChI=1S/C16H24N2O2/c1-2-5-13-8-9-18(11-13)16(19)12-20-15-7-4-3-6-14(15)10-17/h3-4,6-7,13H,2,5,8-12,17H2,1H3. The number of hydrogen-bond donors (Lipinski definition) is 1. The first-order chi connectivity index (χ1) is 9.74. The molecule has 110 valence electrons. The molecule has 0 aliphatic carbocycles. The number of carbonyl (C=O) groups is 1. The number of carbonyl (C=O) groups excluding carboxylic acids is 1. The fourth-order valence-corrected chi connectivity index (χ4v) is 2.75. The number of ether oxygens (including phenoxy) is 1. The number of amides is 1. The van der Waals surface area contributed by atoms with Crippen molar-refractivity contribution in [3.63, 3.8) is 0 Å². The second-order valence-electron chi connectivity index (χ2n) is 5.38. The number of rotatable bonds is 6. The molecule has 1 fully saturated rings. The molecule has 1 aliphatic heterocycles. The van der Waals surface area contributed by atoms with Crippen LogP contribution in [0.15, 0.2) is 24.3 Å². The predicted octanol–water partition coefficient (Wildman–Crippen LogP) is 2.17. The highest BCUT2D eigenvalue weighted by Crippen LogP contribution is 2.21. The van der Waals surface area contributed by atoms with Gasteiger partial charge in [0.2, 0.25) is 0 Å². The van der Waals surface area contributed by atoms with E-state index in [2.05, 4.69) is 6.92 Å². The summed E-state index contributed by atoms with van der Waals surface area (Å²) in [6.07, 6.45) is 3.52. The fourth-order valence-electron chi connectivity index (χ4n) is 2.75. The SMILES string of the molecule is CCCC1CCN(C(=O)COc2ccccc2CN)C1. The van der Waals surface area contributed by atoms with Gasteiger partial charge in [-0.05, 0) is 24.8 Å². The molecule has 0 radical (unpaired) electrons. The van der Waals surface area contributed by atoms with Crippen molar-refractivity contribution >= 4 is 5.91 Å². The number of nitrogens with zero attached hydrogens (tertiary/aromatic N) is 1. The van der Waals surface area contributed by atoms with Crippen molar-refractivity contribution in [2.75, 3.05) is 19.7 Å². The zero-order valence-electron chi connectivity index (χ0n) is 12.2. The van der Waals surface area contributed by atoms with Gasteiger partial charge in [0.15, 0.2) is 6.61 Å². The van der Waals surface area contributed by atoms with Crippen molar-refractivity contribution in [3.05, 3.63) is 29.8 Å². The first-order valence-corrected chi connectivity index (χ1v) is 7.43. The summed E-state index contributed by atoms with van der Waals surface area (Å²) >= 11 is 0. The maximum absolute atomic E-state index is 12.1. The second-order valence-corrected chi connectivity index (χ2v) is 5.38. The van der Waals surface area contributed by atoms with Gasteiger partial charge in [-0.25, -0.2) is 0 Å². The van der Waals surface area contributed by atoms with Crippen LogP contribution in [0, 0.1) is 5.92 Å². The van der Waals surface area contributed by atoms with Crippen molar-refractivity contribution in [2.24, 2.45) is 11.7 Å². The quantitative estimate of drug-likeness (QED) is 0.866. The highest BCUT2D eigenvalue weighted by Gasteiger charge is 2.25. The van der Waals surface area contributed by atoms with Crippen molar-refractivity contribution in [1.29, 1.82) is 0 Å². The topological polar surface area (TPSA) is 55.6 Å². The van der Waals surface area contributed by atoms with E-state index in [-0.39, 0.29) is 12.5 Å². The minimum Gasteiger partial charge on any atom is -0.483 e. The molecular weight excluding hydrogens is 252 g/mol. The smallest absolute Gasteiger partial charge is 0.260 e. The summed E-state index contributed by atoms with van der Waals surface area (Å²) in [5.74, 6) is 1.46. The normalized spacial score (nSPS) is 18.3. The average molecular weight is 276 g/mol. The van der Waals surface area contributed by atoms with E-state index in [1.807, 2.05) is 29.2 Å². The lowest BCUT2D eigenvalue weighted by Crippen LogP contribution is -2.33.